The van der Waals surface area contributed by atoms with E-state index in [-0.39, 0.29) is 43.7 Å². The van der Waals surface area contributed by atoms with Crippen LogP contribution in [0.1, 0.15) is 72.1 Å². The van der Waals surface area contributed by atoms with Gasteiger partial charge in [-0.25, -0.2) is 0 Å². The minimum atomic E-state index is -0.939. The number of hydrogen-bond donors (Lipinski definition) is 2. The Kier molecular flexibility index (Phi) is 10.4. The molecule has 9 heteroatoms. The van der Waals surface area contributed by atoms with Crippen molar-refractivity contribution in [2.45, 2.75) is 58.8 Å². The summed E-state index contributed by atoms with van der Waals surface area (Å²) in [5.74, 6) is -0.474. The summed E-state index contributed by atoms with van der Waals surface area (Å²) in [5.41, 5.74) is 4.66. The summed E-state index contributed by atoms with van der Waals surface area (Å²) >= 11 is 0. The number of carbonyl (C=O) groups is 4. The SMILES string of the molecule is COc1ccc([C@@H]2CCc3cc(OC(=O)C(C)(C)C)ccc3C2)c(NCC(=O)OCCC(=O)c2ccc(CC(=O)O)cc2)c1. The lowest BCUT2D eigenvalue weighted by Crippen LogP contribution is -2.25. The van der Waals surface area contributed by atoms with Gasteiger partial charge >= 0.3 is 17.9 Å². The topological polar surface area (TPSA) is 128 Å². The van der Waals surface area contributed by atoms with Crippen molar-refractivity contribution in [1.82, 2.24) is 0 Å². The van der Waals surface area contributed by atoms with Crippen LogP contribution in [0.2, 0.25) is 0 Å². The third-order valence-electron chi connectivity index (χ3n) is 7.58. The number of carboxylic acid groups (broad SMARTS) is 1. The zero-order valence-corrected chi connectivity index (χ0v) is 25.6. The molecule has 0 saturated heterocycles. The van der Waals surface area contributed by atoms with E-state index in [1.165, 1.54) is 5.56 Å². The van der Waals surface area contributed by atoms with Crippen LogP contribution in [-0.4, -0.2) is 49.1 Å². The lowest BCUT2D eigenvalue weighted by molar-refractivity contribution is -0.143. The van der Waals surface area contributed by atoms with Gasteiger partial charge in [0.2, 0.25) is 0 Å². The van der Waals surface area contributed by atoms with Crippen molar-refractivity contribution < 1.29 is 38.5 Å². The Morgan fingerprint density at radius 3 is 2.34 bits per heavy atom. The number of ether oxygens (including phenoxy) is 3. The first-order valence-electron chi connectivity index (χ1n) is 14.7. The van der Waals surface area contributed by atoms with Crippen molar-refractivity contribution in [1.29, 1.82) is 0 Å². The number of esters is 2. The van der Waals surface area contributed by atoms with E-state index in [4.69, 9.17) is 19.3 Å². The Labute approximate surface area is 257 Å². The molecule has 1 aliphatic carbocycles. The first-order chi connectivity index (χ1) is 20.9. The van der Waals surface area contributed by atoms with E-state index < -0.39 is 17.4 Å². The number of nitrogens with one attached hydrogen (secondary N) is 1. The molecule has 0 amide bonds. The summed E-state index contributed by atoms with van der Waals surface area (Å²) in [5, 5.41) is 12.1. The predicted octanol–water partition coefficient (Wildman–Crippen LogP) is 5.77. The molecule has 2 N–H and O–H groups in total. The fourth-order valence-corrected chi connectivity index (χ4v) is 5.10. The number of carbonyl (C=O) groups excluding carboxylic acids is 3. The van der Waals surface area contributed by atoms with Gasteiger partial charge in [-0.2, -0.15) is 0 Å². The standard InChI is InChI=1S/C35H39NO8/c1-35(2,3)34(41)44-28-12-11-24-18-26(10-9-25(24)19-28)29-14-13-27(42-4)20-30(29)36-21-33(40)43-16-15-31(37)23-7-5-22(6-8-23)17-32(38)39/h5-8,11-14,19-20,26,36H,9-10,15-18,21H2,1-4H3,(H,38,39)/t26-/m1/s1. The van der Waals surface area contributed by atoms with E-state index >= 15 is 0 Å². The summed E-state index contributed by atoms with van der Waals surface area (Å²) in [4.78, 5) is 48.2. The van der Waals surface area contributed by atoms with E-state index in [0.29, 0.717) is 22.6 Å². The molecule has 0 heterocycles. The molecule has 44 heavy (non-hydrogen) atoms. The van der Waals surface area contributed by atoms with Crippen LogP contribution in [0, 0.1) is 5.41 Å². The van der Waals surface area contributed by atoms with Gasteiger partial charge in [-0.3, -0.25) is 19.2 Å². The average molecular weight is 602 g/mol. The van der Waals surface area contributed by atoms with Crippen LogP contribution in [0.5, 0.6) is 11.5 Å². The Balaban J connectivity index is 1.33. The molecule has 0 spiro atoms. The van der Waals surface area contributed by atoms with Gasteiger partial charge in [-0.1, -0.05) is 36.4 Å². The molecule has 9 nitrogen and oxygen atoms in total. The van der Waals surface area contributed by atoms with E-state index in [9.17, 15) is 19.2 Å². The molecule has 0 unspecified atom stereocenters. The third-order valence-corrected chi connectivity index (χ3v) is 7.58. The lowest BCUT2D eigenvalue weighted by Gasteiger charge is -2.27. The van der Waals surface area contributed by atoms with E-state index in [1.54, 1.807) is 31.4 Å². The molecular formula is C35H39NO8. The van der Waals surface area contributed by atoms with Gasteiger partial charge in [0.25, 0.3) is 0 Å². The second-order valence-electron chi connectivity index (χ2n) is 12.0. The molecule has 232 valence electrons. The van der Waals surface area contributed by atoms with Crippen LogP contribution in [0.4, 0.5) is 5.69 Å². The van der Waals surface area contributed by atoms with Gasteiger partial charge in [0, 0.05) is 23.7 Å². The highest BCUT2D eigenvalue weighted by Gasteiger charge is 2.26. The summed E-state index contributed by atoms with van der Waals surface area (Å²) in [6.07, 6.45) is 2.42. The first kappa shape index (κ1) is 32.3. The fraction of sp³-hybridized carbons (Fsp3) is 0.371. The number of Topliss-reactive ketones (excluding diaryl/α,β-unsaturated/α-hetero) is 1. The van der Waals surface area contributed by atoms with Crippen LogP contribution >= 0.6 is 0 Å². The van der Waals surface area contributed by atoms with Crippen molar-refractivity contribution in [2.75, 3.05) is 25.6 Å². The summed E-state index contributed by atoms with van der Waals surface area (Å²) < 4.78 is 16.3. The van der Waals surface area contributed by atoms with Crippen molar-refractivity contribution in [3.05, 3.63) is 88.5 Å². The average Bonchev–Trinajstić information content (AvgIpc) is 2.99. The molecule has 1 atom stereocenters. The van der Waals surface area contributed by atoms with Gasteiger partial charge in [0.05, 0.1) is 25.6 Å². The maximum Gasteiger partial charge on any atom is 0.325 e. The van der Waals surface area contributed by atoms with Crippen LogP contribution in [-0.2, 0) is 38.4 Å². The minimum Gasteiger partial charge on any atom is -0.497 e. The smallest absolute Gasteiger partial charge is 0.325 e. The number of anilines is 1. The summed E-state index contributed by atoms with van der Waals surface area (Å²) in [6.45, 7) is 5.34. The number of aryl methyl sites for hydroxylation is 1. The van der Waals surface area contributed by atoms with E-state index in [2.05, 4.69) is 5.32 Å². The van der Waals surface area contributed by atoms with Crippen molar-refractivity contribution in [3.8, 4) is 11.5 Å². The lowest BCUT2D eigenvalue weighted by atomic mass is 9.79. The van der Waals surface area contributed by atoms with Gasteiger partial charge < -0.3 is 24.6 Å². The highest BCUT2D eigenvalue weighted by Crippen LogP contribution is 2.38. The zero-order chi connectivity index (χ0) is 31.9. The largest absolute Gasteiger partial charge is 0.497 e. The van der Waals surface area contributed by atoms with Gasteiger partial charge in [0.15, 0.2) is 5.78 Å². The van der Waals surface area contributed by atoms with Gasteiger partial charge in [-0.05, 0) is 86.4 Å². The molecule has 0 aliphatic heterocycles. The Morgan fingerprint density at radius 1 is 0.932 bits per heavy atom. The third kappa shape index (κ3) is 8.69. The Hall–Kier alpha value is -4.66. The van der Waals surface area contributed by atoms with Crippen molar-refractivity contribution in [2.24, 2.45) is 5.41 Å². The molecule has 0 aromatic heterocycles. The number of hydrogen-bond acceptors (Lipinski definition) is 8. The Bertz CT molecular complexity index is 1520. The molecule has 1 aliphatic rings. The highest BCUT2D eigenvalue weighted by atomic mass is 16.5. The monoisotopic (exact) mass is 601 g/mol. The molecular weight excluding hydrogens is 562 g/mol. The number of aliphatic carboxylic acids is 1. The van der Waals surface area contributed by atoms with Gasteiger partial charge in [-0.15, -0.1) is 0 Å². The predicted molar refractivity (Wildman–Crippen MR) is 165 cm³/mol. The number of ketones is 1. The van der Waals surface area contributed by atoms with E-state index in [0.717, 1.165) is 36.1 Å². The number of benzene rings is 3. The quantitative estimate of drug-likeness (QED) is 0.151. The number of fused-ring (bicyclic) bond motifs is 1. The minimum absolute atomic E-state index is 0.0209. The zero-order valence-electron chi connectivity index (χ0n) is 25.6. The first-order valence-corrected chi connectivity index (χ1v) is 14.7. The molecule has 3 aromatic rings. The molecule has 0 saturated carbocycles. The van der Waals surface area contributed by atoms with Crippen molar-refractivity contribution in [3.63, 3.8) is 0 Å². The maximum absolute atomic E-state index is 12.5. The molecule has 4 rings (SSSR count). The van der Waals surface area contributed by atoms with Crippen LogP contribution in [0.3, 0.4) is 0 Å². The normalized spacial score (nSPS) is 14.2. The second kappa shape index (κ2) is 14.2. The molecule has 0 fully saturated rings. The number of rotatable bonds is 12. The fourth-order valence-electron chi connectivity index (χ4n) is 5.10. The summed E-state index contributed by atoms with van der Waals surface area (Å²) in [6, 6.07) is 18.0. The molecule has 0 radical (unpaired) electrons. The van der Waals surface area contributed by atoms with E-state index in [1.807, 2.05) is 57.2 Å². The second-order valence-corrected chi connectivity index (χ2v) is 12.0. The van der Waals surface area contributed by atoms with Crippen LogP contribution < -0.4 is 14.8 Å². The van der Waals surface area contributed by atoms with Crippen LogP contribution in [0.15, 0.2) is 60.7 Å². The maximum atomic E-state index is 12.5. The molecule has 3 aromatic carbocycles. The van der Waals surface area contributed by atoms with Gasteiger partial charge in [0.1, 0.15) is 18.0 Å². The highest BCUT2D eigenvalue weighted by molar-refractivity contribution is 5.96. The molecule has 0 bridgehead atoms. The number of carboxylic acids is 1. The van der Waals surface area contributed by atoms with Crippen molar-refractivity contribution >= 4 is 29.4 Å². The van der Waals surface area contributed by atoms with Crippen LogP contribution in [0.25, 0.3) is 0 Å². The number of methoxy groups -OCH3 is 1. The summed E-state index contributed by atoms with van der Waals surface area (Å²) in [7, 11) is 1.59. The Morgan fingerprint density at radius 2 is 1.66 bits per heavy atom.